The van der Waals surface area contributed by atoms with Gasteiger partial charge in [0.15, 0.2) is 0 Å². The maximum atomic E-state index is 2.47. The lowest BCUT2D eigenvalue weighted by molar-refractivity contribution is 0.660. The maximum Gasteiger partial charge on any atom is 0.0465 e. The first-order chi connectivity index (χ1) is 30.6. The fraction of sp³-hybridized carbons (Fsp3) is 0.129. The van der Waals surface area contributed by atoms with E-state index in [1.165, 1.54) is 106 Å². The molecule has 0 aliphatic heterocycles. The van der Waals surface area contributed by atoms with Crippen molar-refractivity contribution in [1.82, 2.24) is 0 Å². The van der Waals surface area contributed by atoms with Crippen LogP contribution in [-0.2, 0) is 16.2 Å². The quantitative estimate of drug-likeness (QED) is 0.162. The molecule has 1 nitrogen and oxygen atoms in total. The number of rotatable bonds is 6. The number of hydrogen-bond donors (Lipinski definition) is 0. The van der Waals surface area contributed by atoms with E-state index in [4.69, 9.17) is 0 Å². The van der Waals surface area contributed by atoms with Crippen LogP contribution in [0, 0.1) is 0 Å². The summed E-state index contributed by atoms with van der Waals surface area (Å²) in [4.78, 5) is 2.47. The van der Waals surface area contributed by atoms with Crippen LogP contribution in [0.3, 0.4) is 0 Å². The van der Waals surface area contributed by atoms with Crippen molar-refractivity contribution >= 4 is 17.1 Å². The zero-order chi connectivity index (χ0) is 42.7. The van der Waals surface area contributed by atoms with Crippen molar-refractivity contribution in [2.24, 2.45) is 0 Å². The first-order valence-electron chi connectivity index (χ1n) is 22.4. The summed E-state index contributed by atoms with van der Waals surface area (Å²) in [6.45, 7) is 11.9. The van der Waals surface area contributed by atoms with Gasteiger partial charge in [-0.25, -0.2) is 0 Å². The topological polar surface area (TPSA) is 3.24 Å². The number of fused-ring (bicyclic) bond motifs is 9. The van der Waals surface area contributed by atoms with Crippen LogP contribution in [0.2, 0.25) is 0 Å². The highest BCUT2D eigenvalue weighted by Gasteiger charge is 2.42. The Morgan fingerprint density at radius 1 is 0.286 bits per heavy atom. The van der Waals surface area contributed by atoms with E-state index < -0.39 is 0 Å². The van der Waals surface area contributed by atoms with E-state index in [-0.39, 0.29) is 16.2 Å². The fourth-order valence-electron chi connectivity index (χ4n) is 11.6. The lowest BCUT2D eigenvalue weighted by Gasteiger charge is -2.30. The lowest BCUT2D eigenvalue weighted by Crippen LogP contribution is -2.22. The van der Waals surface area contributed by atoms with Crippen molar-refractivity contribution in [3.8, 4) is 55.6 Å². The first-order valence-corrected chi connectivity index (χ1v) is 22.4. The SMILES string of the molecule is CC1(C)c2ccccc2-c2ccc(N(c3ccc(-c4ccc5c(c4)C(C)(c4ccccc4)c4cccc(-c6ccccc6)c4-5)cc3)c3ccc4c(c3)C(C)(C)c3ccccc3-4)cc21. The van der Waals surface area contributed by atoms with Gasteiger partial charge in [0, 0.05) is 33.3 Å². The minimum Gasteiger partial charge on any atom is -0.310 e. The molecule has 0 saturated carbocycles. The second-order valence-electron chi connectivity index (χ2n) is 19.0. The molecule has 0 heterocycles. The van der Waals surface area contributed by atoms with E-state index in [0.29, 0.717) is 0 Å². The van der Waals surface area contributed by atoms with Crippen LogP contribution in [0.15, 0.2) is 206 Å². The van der Waals surface area contributed by atoms with E-state index in [9.17, 15) is 0 Å². The first kappa shape index (κ1) is 37.5. The van der Waals surface area contributed by atoms with Gasteiger partial charge in [0.25, 0.3) is 0 Å². The van der Waals surface area contributed by atoms with E-state index in [1.54, 1.807) is 0 Å². The molecular formula is C62H49N. The van der Waals surface area contributed by atoms with Crippen molar-refractivity contribution in [1.29, 1.82) is 0 Å². The van der Waals surface area contributed by atoms with Crippen LogP contribution >= 0.6 is 0 Å². The largest absolute Gasteiger partial charge is 0.310 e. The third-order valence-electron chi connectivity index (χ3n) is 15.0. The van der Waals surface area contributed by atoms with Gasteiger partial charge in [-0.05, 0) is 144 Å². The van der Waals surface area contributed by atoms with Crippen molar-refractivity contribution in [3.05, 3.63) is 245 Å². The monoisotopic (exact) mass is 807 g/mol. The molecule has 0 amide bonds. The van der Waals surface area contributed by atoms with Gasteiger partial charge >= 0.3 is 0 Å². The Labute approximate surface area is 372 Å². The van der Waals surface area contributed by atoms with Crippen LogP contribution in [-0.4, -0.2) is 0 Å². The maximum absolute atomic E-state index is 2.47. The Hall–Kier alpha value is -7.22. The van der Waals surface area contributed by atoms with Crippen molar-refractivity contribution < 1.29 is 0 Å². The highest BCUT2D eigenvalue weighted by Crippen LogP contribution is 2.57. The molecule has 0 fully saturated rings. The number of nitrogens with zero attached hydrogens (tertiary/aromatic N) is 1. The molecule has 9 aromatic carbocycles. The highest BCUT2D eigenvalue weighted by atomic mass is 15.1. The summed E-state index contributed by atoms with van der Waals surface area (Å²) in [5.74, 6) is 0. The average molecular weight is 808 g/mol. The Morgan fingerprint density at radius 2 is 0.746 bits per heavy atom. The summed E-state index contributed by atoms with van der Waals surface area (Å²) in [7, 11) is 0. The van der Waals surface area contributed by atoms with Gasteiger partial charge in [0.2, 0.25) is 0 Å². The van der Waals surface area contributed by atoms with Gasteiger partial charge in [-0.1, -0.05) is 191 Å². The van der Waals surface area contributed by atoms with Crippen LogP contribution in [0.4, 0.5) is 17.1 Å². The molecule has 302 valence electrons. The molecule has 0 N–H and O–H groups in total. The van der Waals surface area contributed by atoms with Crippen LogP contribution in [0.1, 0.15) is 73.6 Å². The molecule has 1 atom stereocenters. The molecule has 0 saturated heterocycles. The summed E-state index contributed by atoms with van der Waals surface area (Å²) >= 11 is 0. The second kappa shape index (κ2) is 13.6. The summed E-state index contributed by atoms with van der Waals surface area (Å²) < 4.78 is 0. The van der Waals surface area contributed by atoms with E-state index in [1.807, 2.05) is 0 Å². The average Bonchev–Trinajstić information content (AvgIpc) is 3.83. The zero-order valence-electron chi connectivity index (χ0n) is 36.6. The molecule has 3 aliphatic rings. The summed E-state index contributed by atoms with van der Waals surface area (Å²) in [6.07, 6.45) is 0. The molecule has 0 radical (unpaired) electrons. The Balaban J connectivity index is 0.989. The molecule has 3 aliphatic carbocycles. The summed E-state index contributed by atoms with van der Waals surface area (Å²) in [6, 6.07) is 77.3. The standard InChI is InChI=1S/C62H49N/c1-60(2)53-24-14-12-21-48(53)50-35-32-45(38-56(50)60)63(46-33-36-51-49-22-13-15-25-54(49)61(3,4)57(51)39-46)44-30-27-40(28-31-44)42-29-34-52-58(37-42)62(5,43-19-10-7-11-20-43)55-26-16-23-47(59(52)55)41-17-8-6-9-18-41/h6-39H,1-5H3. The molecular weight excluding hydrogens is 759 g/mol. The zero-order valence-corrected chi connectivity index (χ0v) is 36.6. The Bertz CT molecular complexity index is 3170. The van der Waals surface area contributed by atoms with Gasteiger partial charge in [-0.2, -0.15) is 0 Å². The third kappa shape index (κ3) is 5.42. The van der Waals surface area contributed by atoms with E-state index in [0.717, 1.165) is 5.69 Å². The number of anilines is 3. The number of benzene rings is 9. The minimum absolute atomic E-state index is 0.109. The van der Waals surface area contributed by atoms with Crippen molar-refractivity contribution in [3.63, 3.8) is 0 Å². The van der Waals surface area contributed by atoms with E-state index >= 15 is 0 Å². The molecule has 1 heteroatoms. The smallest absolute Gasteiger partial charge is 0.0465 e. The van der Waals surface area contributed by atoms with Crippen LogP contribution in [0.5, 0.6) is 0 Å². The van der Waals surface area contributed by atoms with Gasteiger partial charge in [0.1, 0.15) is 0 Å². The minimum atomic E-state index is -0.314. The van der Waals surface area contributed by atoms with Crippen molar-refractivity contribution in [2.45, 2.75) is 50.9 Å². The lowest BCUT2D eigenvalue weighted by atomic mass is 9.73. The number of hydrogen-bond acceptors (Lipinski definition) is 1. The Morgan fingerprint density at radius 3 is 1.35 bits per heavy atom. The molecule has 63 heavy (non-hydrogen) atoms. The van der Waals surface area contributed by atoms with Gasteiger partial charge in [-0.3, -0.25) is 0 Å². The summed E-state index contributed by atoms with van der Waals surface area (Å²) in [5.41, 5.74) is 25.4. The highest BCUT2D eigenvalue weighted by molar-refractivity contribution is 5.95. The fourth-order valence-corrected chi connectivity index (χ4v) is 11.6. The van der Waals surface area contributed by atoms with E-state index in [2.05, 4.69) is 246 Å². The molecule has 12 rings (SSSR count). The molecule has 0 aromatic heterocycles. The summed E-state index contributed by atoms with van der Waals surface area (Å²) in [5, 5.41) is 0. The van der Waals surface area contributed by atoms with Gasteiger partial charge in [0.05, 0.1) is 0 Å². The van der Waals surface area contributed by atoms with Gasteiger partial charge < -0.3 is 4.90 Å². The predicted octanol–water partition coefficient (Wildman–Crippen LogP) is 16.4. The van der Waals surface area contributed by atoms with Crippen LogP contribution < -0.4 is 4.90 Å². The molecule has 9 aromatic rings. The molecule has 1 unspecified atom stereocenters. The second-order valence-corrected chi connectivity index (χ2v) is 19.0. The van der Waals surface area contributed by atoms with Gasteiger partial charge in [-0.15, -0.1) is 0 Å². The van der Waals surface area contributed by atoms with Crippen molar-refractivity contribution in [2.75, 3.05) is 4.90 Å². The predicted molar refractivity (Wildman–Crippen MR) is 265 cm³/mol. The Kier molecular flexibility index (Phi) is 8.13. The molecule has 0 spiro atoms. The third-order valence-corrected chi connectivity index (χ3v) is 15.0. The van der Waals surface area contributed by atoms with Crippen LogP contribution in [0.25, 0.3) is 55.6 Å². The molecule has 0 bridgehead atoms. The normalized spacial score (nSPS) is 16.7.